The summed E-state index contributed by atoms with van der Waals surface area (Å²) in [4.78, 5) is 15.3. The Morgan fingerprint density at radius 3 is 2.52 bits per heavy atom. The fraction of sp³-hybridized carbons (Fsp3) is 0.438. The van der Waals surface area contributed by atoms with Gasteiger partial charge in [-0.15, -0.1) is 0 Å². The second kappa shape index (κ2) is 11.1. The maximum absolute atomic E-state index is 15.6. The molecule has 0 spiro atoms. The molecular formula is C32H34F3NO4. The fourth-order valence-electron chi connectivity index (χ4n) is 6.21. The summed E-state index contributed by atoms with van der Waals surface area (Å²) in [5.41, 5.74) is 1.92. The molecule has 5 rings (SSSR count). The number of methoxy groups -OCH3 is 1. The predicted molar refractivity (Wildman–Crippen MR) is 145 cm³/mol. The van der Waals surface area contributed by atoms with E-state index in [4.69, 9.17) is 9.47 Å². The first-order chi connectivity index (χ1) is 19.1. The Morgan fingerprint density at radius 2 is 1.88 bits per heavy atom. The van der Waals surface area contributed by atoms with Gasteiger partial charge in [0.15, 0.2) is 11.6 Å². The lowest BCUT2D eigenvalue weighted by atomic mass is 9.75. The van der Waals surface area contributed by atoms with E-state index < -0.39 is 29.3 Å². The van der Waals surface area contributed by atoms with Crippen LogP contribution in [0.25, 0.3) is 11.1 Å². The first-order valence-corrected chi connectivity index (χ1v) is 13.7. The summed E-state index contributed by atoms with van der Waals surface area (Å²) in [7, 11) is 1.44. The number of carboxylic acids is 1. The predicted octanol–water partition coefficient (Wildman–Crippen LogP) is 8.02. The summed E-state index contributed by atoms with van der Waals surface area (Å²) in [5, 5.41) is 9.34. The third-order valence-corrected chi connectivity index (χ3v) is 8.54. The van der Waals surface area contributed by atoms with Gasteiger partial charge in [0.25, 0.3) is 0 Å². The Morgan fingerprint density at radius 1 is 1.10 bits per heavy atom. The van der Waals surface area contributed by atoms with Gasteiger partial charge >= 0.3 is 5.97 Å². The van der Waals surface area contributed by atoms with Crippen LogP contribution in [0.3, 0.4) is 0 Å². The van der Waals surface area contributed by atoms with E-state index in [2.05, 4.69) is 18.8 Å². The SMILES string of the molecule is COc1cc(-c2cc(F)c(COc3cccc([C@@H](CC(=O)O)C4CC4)c3F)cc2[C@H]2CCCC2(C)C)c(F)cn1. The van der Waals surface area contributed by atoms with Gasteiger partial charge in [0.2, 0.25) is 5.88 Å². The molecule has 0 radical (unpaired) electrons. The van der Waals surface area contributed by atoms with Crippen LogP contribution < -0.4 is 9.47 Å². The molecule has 2 fully saturated rings. The Hall–Kier alpha value is -3.55. The maximum Gasteiger partial charge on any atom is 0.303 e. The van der Waals surface area contributed by atoms with Crippen LogP contribution in [0.1, 0.15) is 80.9 Å². The van der Waals surface area contributed by atoms with E-state index in [0.29, 0.717) is 11.1 Å². The maximum atomic E-state index is 15.6. The molecule has 1 N–H and O–H groups in total. The normalized spacial score (nSPS) is 18.9. The Bertz CT molecular complexity index is 1420. The van der Waals surface area contributed by atoms with Crippen molar-refractivity contribution in [3.05, 3.63) is 76.7 Å². The van der Waals surface area contributed by atoms with Crippen molar-refractivity contribution in [1.82, 2.24) is 4.98 Å². The second-order valence-electron chi connectivity index (χ2n) is 11.7. The average Bonchev–Trinajstić information content (AvgIpc) is 3.70. The average molecular weight is 554 g/mol. The molecule has 0 saturated heterocycles. The highest BCUT2D eigenvalue weighted by Gasteiger charge is 2.38. The molecule has 40 heavy (non-hydrogen) atoms. The highest BCUT2D eigenvalue weighted by molar-refractivity contribution is 5.70. The number of carbonyl (C=O) groups is 1. The summed E-state index contributed by atoms with van der Waals surface area (Å²) in [6.45, 7) is 4.08. The zero-order chi connectivity index (χ0) is 28.6. The number of halogens is 3. The quantitative estimate of drug-likeness (QED) is 0.275. The number of benzene rings is 2. The standard InChI is InChI=1S/C32H34F3NO4/c1-32(2)11-5-7-25(32)23-12-19(26(33)13-22(23)24-14-29(39-3)36-16-27(24)34)17-40-28-8-4-6-20(31(28)35)21(15-30(37)38)18-9-10-18/h4,6,8,12-14,16,18,21,25H,5,7,9-11,15,17H2,1-3H3,(H,37,38)/t21-,25+/m0/s1. The lowest BCUT2D eigenvalue weighted by Crippen LogP contribution is -2.17. The molecule has 0 unspecified atom stereocenters. The monoisotopic (exact) mass is 553 g/mol. The van der Waals surface area contributed by atoms with E-state index in [0.717, 1.165) is 43.9 Å². The molecule has 1 aromatic heterocycles. The first-order valence-electron chi connectivity index (χ1n) is 13.7. The van der Waals surface area contributed by atoms with E-state index in [1.165, 1.54) is 25.3 Å². The number of rotatable bonds is 10. The molecule has 212 valence electrons. The summed E-state index contributed by atoms with van der Waals surface area (Å²) in [6, 6.07) is 9.21. The van der Waals surface area contributed by atoms with Gasteiger partial charge in [-0.1, -0.05) is 32.4 Å². The Kier molecular flexibility index (Phi) is 7.80. The first kappa shape index (κ1) is 28.0. The number of hydrogen-bond donors (Lipinski definition) is 1. The van der Waals surface area contributed by atoms with Crippen molar-refractivity contribution in [3.63, 3.8) is 0 Å². The molecule has 2 atom stereocenters. The molecule has 1 heterocycles. The van der Waals surface area contributed by atoms with Crippen LogP contribution in [-0.2, 0) is 11.4 Å². The summed E-state index contributed by atoms with van der Waals surface area (Å²) < 4.78 is 57.1. The molecule has 0 amide bonds. The minimum atomic E-state index is -0.976. The van der Waals surface area contributed by atoms with Crippen LogP contribution in [0, 0.1) is 28.8 Å². The topological polar surface area (TPSA) is 68.7 Å². The van der Waals surface area contributed by atoms with Crippen molar-refractivity contribution >= 4 is 5.97 Å². The van der Waals surface area contributed by atoms with Crippen LogP contribution in [0.15, 0.2) is 42.6 Å². The number of ether oxygens (including phenoxy) is 2. The van der Waals surface area contributed by atoms with E-state index in [9.17, 15) is 14.3 Å². The van der Waals surface area contributed by atoms with Crippen LogP contribution >= 0.6 is 0 Å². The van der Waals surface area contributed by atoms with Gasteiger partial charge in [-0.2, -0.15) is 0 Å². The number of aromatic nitrogens is 1. The van der Waals surface area contributed by atoms with Crippen molar-refractivity contribution < 1.29 is 32.5 Å². The zero-order valence-corrected chi connectivity index (χ0v) is 23.0. The molecule has 2 aliphatic carbocycles. The highest BCUT2D eigenvalue weighted by atomic mass is 19.1. The minimum absolute atomic E-state index is 0.0512. The van der Waals surface area contributed by atoms with Crippen molar-refractivity contribution in [2.45, 2.75) is 70.8 Å². The lowest BCUT2D eigenvalue weighted by molar-refractivity contribution is -0.137. The van der Waals surface area contributed by atoms with Gasteiger partial charge in [-0.3, -0.25) is 4.79 Å². The van der Waals surface area contributed by atoms with Crippen molar-refractivity contribution in [2.75, 3.05) is 7.11 Å². The number of nitrogens with zero attached hydrogens (tertiary/aromatic N) is 1. The van der Waals surface area contributed by atoms with E-state index in [1.807, 2.05) is 0 Å². The Balaban J connectivity index is 1.50. The van der Waals surface area contributed by atoms with Gasteiger partial charge in [-0.25, -0.2) is 18.2 Å². The molecule has 2 saturated carbocycles. The highest BCUT2D eigenvalue weighted by Crippen LogP contribution is 2.52. The number of hydrogen-bond acceptors (Lipinski definition) is 4. The van der Waals surface area contributed by atoms with Crippen LogP contribution in [-0.4, -0.2) is 23.2 Å². The third kappa shape index (κ3) is 5.67. The molecule has 2 aromatic carbocycles. The number of carboxylic acid groups (broad SMARTS) is 1. The Labute approximate surface area is 232 Å². The zero-order valence-electron chi connectivity index (χ0n) is 23.0. The van der Waals surface area contributed by atoms with Crippen molar-refractivity contribution in [1.29, 1.82) is 0 Å². The molecular weight excluding hydrogens is 519 g/mol. The van der Waals surface area contributed by atoms with Crippen LogP contribution in [0.5, 0.6) is 11.6 Å². The fourth-order valence-corrected chi connectivity index (χ4v) is 6.21. The lowest BCUT2D eigenvalue weighted by Gasteiger charge is -2.30. The van der Waals surface area contributed by atoms with Crippen LogP contribution in [0.2, 0.25) is 0 Å². The number of aliphatic carboxylic acids is 1. The summed E-state index contributed by atoms with van der Waals surface area (Å²) >= 11 is 0. The van der Waals surface area contributed by atoms with Gasteiger partial charge in [0.05, 0.1) is 19.7 Å². The van der Waals surface area contributed by atoms with Gasteiger partial charge < -0.3 is 14.6 Å². The smallest absolute Gasteiger partial charge is 0.303 e. The second-order valence-corrected chi connectivity index (χ2v) is 11.7. The van der Waals surface area contributed by atoms with E-state index in [-0.39, 0.29) is 53.0 Å². The molecule has 5 nitrogen and oxygen atoms in total. The molecule has 0 bridgehead atoms. The van der Waals surface area contributed by atoms with Crippen molar-refractivity contribution in [2.24, 2.45) is 11.3 Å². The van der Waals surface area contributed by atoms with E-state index in [1.54, 1.807) is 18.2 Å². The number of pyridine rings is 1. The summed E-state index contributed by atoms with van der Waals surface area (Å²) in [5.74, 6) is -2.83. The molecule has 2 aliphatic rings. The molecule has 8 heteroatoms. The van der Waals surface area contributed by atoms with Crippen LogP contribution in [0.4, 0.5) is 13.2 Å². The van der Waals surface area contributed by atoms with Gasteiger partial charge in [0.1, 0.15) is 18.2 Å². The van der Waals surface area contributed by atoms with Gasteiger partial charge in [0, 0.05) is 23.1 Å². The van der Waals surface area contributed by atoms with Crippen molar-refractivity contribution in [3.8, 4) is 22.8 Å². The van der Waals surface area contributed by atoms with E-state index >= 15 is 8.78 Å². The molecule has 3 aromatic rings. The van der Waals surface area contributed by atoms with Gasteiger partial charge in [-0.05, 0) is 77.8 Å². The largest absolute Gasteiger partial charge is 0.486 e. The third-order valence-electron chi connectivity index (χ3n) is 8.54. The molecule has 0 aliphatic heterocycles. The summed E-state index contributed by atoms with van der Waals surface area (Å²) in [6.07, 6.45) is 5.50. The minimum Gasteiger partial charge on any atom is -0.486 e.